The molecule has 3 atom stereocenters. The van der Waals surface area contributed by atoms with Gasteiger partial charge in [-0.1, -0.05) is 25.7 Å². The molecule has 3 heteroatoms. The lowest BCUT2D eigenvalue weighted by Gasteiger charge is -2.34. The molecule has 0 radical (unpaired) electrons. The van der Waals surface area contributed by atoms with E-state index < -0.39 is 5.97 Å². The molecule has 2 rings (SSSR count). The van der Waals surface area contributed by atoms with E-state index in [1.807, 2.05) is 0 Å². The Labute approximate surface area is 110 Å². The Bertz CT molecular complexity index is 274. The van der Waals surface area contributed by atoms with Gasteiger partial charge < -0.3 is 10.4 Å². The standard InChI is InChI=1S/C15H27NO2/c1-11(12-6-3-2-4-7-12)16-14-9-5-8-13(10-14)15(17)18/h11-14,16H,2-10H2,1H3,(H,17,18). The van der Waals surface area contributed by atoms with Gasteiger partial charge in [0.15, 0.2) is 0 Å². The van der Waals surface area contributed by atoms with Crippen molar-refractivity contribution < 1.29 is 9.90 Å². The summed E-state index contributed by atoms with van der Waals surface area (Å²) >= 11 is 0. The zero-order valence-corrected chi connectivity index (χ0v) is 11.5. The first kappa shape index (κ1) is 13.9. The minimum absolute atomic E-state index is 0.116. The first-order valence-electron chi connectivity index (χ1n) is 7.65. The molecule has 3 nitrogen and oxygen atoms in total. The molecule has 2 saturated carbocycles. The van der Waals surface area contributed by atoms with Crippen LogP contribution >= 0.6 is 0 Å². The normalized spacial score (nSPS) is 32.1. The largest absolute Gasteiger partial charge is 0.481 e. The fourth-order valence-electron chi connectivity index (χ4n) is 3.71. The zero-order chi connectivity index (χ0) is 13.0. The van der Waals surface area contributed by atoms with Crippen LogP contribution in [0.15, 0.2) is 0 Å². The number of hydrogen-bond acceptors (Lipinski definition) is 2. The molecule has 2 N–H and O–H groups in total. The Balaban J connectivity index is 1.79. The number of hydrogen-bond donors (Lipinski definition) is 2. The molecule has 3 unspecified atom stereocenters. The maximum atomic E-state index is 11.1. The molecular weight excluding hydrogens is 226 g/mol. The van der Waals surface area contributed by atoms with Crippen molar-refractivity contribution in [3.05, 3.63) is 0 Å². The predicted octanol–water partition coefficient (Wildman–Crippen LogP) is 3.19. The molecule has 0 saturated heterocycles. The number of aliphatic carboxylic acids is 1. The summed E-state index contributed by atoms with van der Waals surface area (Å²) in [6, 6.07) is 0.986. The van der Waals surface area contributed by atoms with Gasteiger partial charge in [0.2, 0.25) is 0 Å². The highest BCUT2D eigenvalue weighted by Gasteiger charge is 2.29. The summed E-state index contributed by atoms with van der Waals surface area (Å²) in [5.41, 5.74) is 0. The molecule has 0 bridgehead atoms. The second kappa shape index (κ2) is 6.55. The van der Waals surface area contributed by atoms with Gasteiger partial charge in [-0.2, -0.15) is 0 Å². The topological polar surface area (TPSA) is 49.3 Å². The van der Waals surface area contributed by atoms with Gasteiger partial charge in [-0.15, -0.1) is 0 Å². The highest BCUT2D eigenvalue weighted by Crippen LogP contribution is 2.29. The van der Waals surface area contributed by atoms with Crippen LogP contribution in [0.1, 0.15) is 64.7 Å². The molecule has 2 aliphatic rings. The van der Waals surface area contributed by atoms with Crippen LogP contribution in [-0.4, -0.2) is 23.2 Å². The summed E-state index contributed by atoms with van der Waals surface area (Å²) in [5.74, 6) is 0.0885. The smallest absolute Gasteiger partial charge is 0.306 e. The molecule has 0 aromatic rings. The van der Waals surface area contributed by atoms with Gasteiger partial charge in [-0.3, -0.25) is 4.79 Å². The van der Waals surface area contributed by atoms with Gasteiger partial charge in [0.05, 0.1) is 5.92 Å². The average molecular weight is 253 g/mol. The van der Waals surface area contributed by atoms with Crippen molar-refractivity contribution in [2.45, 2.75) is 76.8 Å². The minimum Gasteiger partial charge on any atom is -0.481 e. The van der Waals surface area contributed by atoms with Crippen LogP contribution in [0, 0.1) is 11.8 Å². The van der Waals surface area contributed by atoms with Gasteiger partial charge in [0.1, 0.15) is 0 Å². The number of nitrogens with one attached hydrogen (secondary N) is 1. The van der Waals surface area contributed by atoms with E-state index in [-0.39, 0.29) is 5.92 Å². The lowest BCUT2D eigenvalue weighted by molar-refractivity contribution is -0.143. The van der Waals surface area contributed by atoms with Gasteiger partial charge in [0.25, 0.3) is 0 Å². The molecule has 0 heterocycles. The van der Waals surface area contributed by atoms with Gasteiger partial charge >= 0.3 is 5.97 Å². The predicted molar refractivity (Wildman–Crippen MR) is 72.6 cm³/mol. The number of carboxylic acid groups (broad SMARTS) is 1. The van der Waals surface area contributed by atoms with E-state index in [0.717, 1.165) is 31.6 Å². The van der Waals surface area contributed by atoms with Crippen molar-refractivity contribution in [1.29, 1.82) is 0 Å². The molecule has 0 amide bonds. The molecular formula is C15H27NO2. The Morgan fingerprint density at radius 1 is 1.11 bits per heavy atom. The summed E-state index contributed by atoms with van der Waals surface area (Å²) in [5, 5.41) is 12.8. The number of carboxylic acids is 1. The van der Waals surface area contributed by atoms with Gasteiger partial charge in [-0.05, 0) is 44.9 Å². The van der Waals surface area contributed by atoms with Crippen LogP contribution in [-0.2, 0) is 4.79 Å². The quantitative estimate of drug-likeness (QED) is 0.809. The van der Waals surface area contributed by atoms with Crippen molar-refractivity contribution in [1.82, 2.24) is 5.32 Å². The van der Waals surface area contributed by atoms with Crippen LogP contribution < -0.4 is 5.32 Å². The first-order valence-corrected chi connectivity index (χ1v) is 7.65. The Morgan fingerprint density at radius 2 is 1.83 bits per heavy atom. The lowest BCUT2D eigenvalue weighted by Crippen LogP contribution is -2.44. The SMILES string of the molecule is CC(NC1CCCC(C(=O)O)C1)C1CCCCC1. The van der Waals surface area contributed by atoms with Gasteiger partial charge in [0, 0.05) is 12.1 Å². The van der Waals surface area contributed by atoms with Crippen molar-refractivity contribution >= 4 is 5.97 Å². The number of carbonyl (C=O) groups is 1. The Morgan fingerprint density at radius 3 is 2.50 bits per heavy atom. The molecule has 104 valence electrons. The second-order valence-electron chi connectivity index (χ2n) is 6.25. The summed E-state index contributed by atoms with van der Waals surface area (Å²) in [6.45, 7) is 2.29. The zero-order valence-electron chi connectivity index (χ0n) is 11.5. The lowest BCUT2D eigenvalue weighted by atomic mass is 9.82. The van der Waals surface area contributed by atoms with E-state index in [4.69, 9.17) is 5.11 Å². The number of rotatable bonds is 4. The van der Waals surface area contributed by atoms with E-state index in [1.54, 1.807) is 0 Å². The summed E-state index contributed by atoms with van der Waals surface area (Å²) in [4.78, 5) is 11.1. The van der Waals surface area contributed by atoms with Crippen LogP contribution in [0.3, 0.4) is 0 Å². The monoisotopic (exact) mass is 253 g/mol. The molecule has 2 aliphatic carbocycles. The van der Waals surface area contributed by atoms with Gasteiger partial charge in [-0.25, -0.2) is 0 Å². The van der Waals surface area contributed by atoms with E-state index in [1.165, 1.54) is 32.1 Å². The maximum Gasteiger partial charge on any atom is 0.306 e. The summed E-state index contributed by atoms with van der Waals surface area (Å²) in [7, 11) is 0. The molecule has 2 fully saturated rings. The third-order valence-corrected chi connectivity index (χ3v) is 4.88. The van der Waals surface area contributed by atoms with E-state index in [0.29, 0.717) is 12.1 Å². The second-order valence-corrected chi connectivity index (χ2v) is 6.25. The van der Waals surface area contributed by atoms with Crippen molar-refractivity contribution in [2.24, 2.45) is 11.8 Å². The third kappa shape index (κ3) is 3.71. The van der Waals surface area contributed by atoms with Crippen molar-refractivity contribution in [3.63, 3.8) is 0 Å². The fourth-order valence-corrected chi connectivity index (χ4v) is 3.71. The van der Waals surface area contributed by atoms with Crippen LogP contribution in [0.2, 0.25) is 0 Å². The highest BCUT2D eigenvalue weighted by molar-refractivity contribution is 5.70. The molecule has 0 aromatic heterocycles. The van der Waals surface area contributed by atoms with Crippen LogP contribution in [0.25, 0.3) is 0 Å². The molecule has 0 aliphatic heterocycles. The molecule has 18 heavy (non-hydrogen) atoms. The average Bonchev–Trinajstić information content (AvgIpc) is 2.40. The van der Waals surface area contributed by atoms with Crippen molar-refractivity contribution in [3.8, 4) is 0 Å². The summed E-state index contributed by atoms with van der Waals surface area (Å²) in [6.07, 6.45) is 10.8. The fraction of sp³-hybridized carbons (Fsp3) is 0.933. The molecule has 0 aromatic carbocycles. The van der Waals surface area contributed by atoms with E-state index in [9.17, 15) is 4.79 Å². The Kier molecular flexibility index (Phi) is 5.04. The van der Waals surface area contributed by atoms with Crippen LogP contribution in [0.5, 0.6) is 0 Å². The highest BCUT2D eigenvalue weighted by atomic mass is 16.4. The first-order chi connectivity index (χ1) is 8.66. The van der Waals surface area contributed by atoms with Crippen molar-refractivity contribution in [2.75, 3.05) is 0 Å². The third-order valence-electron chi connectivity index (χ3n) is 4.88. The van der Waals surface area contributed by atoms with Crippen LogP contribution in [0.4, 0.5) is 0 Å². The van der Waals surface area contributed by atoms with E-state index >= 15 is 0 Å². The summed E-state index contributed by atoms with van der Waals surface area (Å²) < 4.78 is 0. The molecule has 0 spiro atoms. The maximum absolute atomic E-state index is 11.1. The minimum atomic E-state index is -0.605. The van der Waals surface area contributed by atoms with E-state index in [2.05, 4.69) is 12.2 Å². The Hall–Kier alpha value is -0.570.